The third-order valence-corrected chi connectivity index (χ3v) is 3.53. The lowest BCUT2D eigenvalue weighted by atomic mass is 9.98. The van der Waals surface area contributed by atoms with Gasteiger partial charge in [0.25, 0.3) is 0 Å². The second-order valence-corrected chi connectivity index (χ2v) is 5.31. The van der Waals surface area contributed by atoms with Crippen LogP contribution in [0.2, 0.25) is 0 Å². The van der Waals surface area contributed by atoms with Gasteiger partial charge >= 0.3 is 0 Å². The zero-order chi connectivity index (χ0) is 14.8. The lowest BCUT2D eigenvalue weighted by molar-refractivity contribution is 0.302. The molecule has 21 heavy (non-hydrogen) atoms. The van der Waals surface area contributed by atoms with Gasteiger partial charge in [-0.1, -0.05) is 12.1 Å². The van der Waals surface area contributed by atoms with Crippen molar-refractivity contribution in [3.05, 3.63) is 65.2 Å². The summed E-state index contributed by atoms with van der Waals surface area (Å²) in [6, 6.07) is 10.9. The zero-order valence-corrected chi connectivity index (χ0v) is 11.8. The van der Waals surface area contributed by atoms with Crippen LogP contribution in [0.3, 0.4) is 0 Å². The van der Waals surface area contributed by atoms with Crippen molar-refractivity contribution in [2.24, 2.45) is 0 Å². The van der Waals surface area contributed by atoms with Gasteiger partial charge in [-0.05, 0) is 55.3 Å². The molecule has 1 atom stereocenters. The minimum Gasteiger partial charge on any atom is -0.490 e. The van der Waals surface area contributed by atoms with E-state index in [1.54, 1.807) is 7.05 Å². The summed E-state index contributed by atoms with van der Waals surface area (Å²) in [6.45, 7) is 0. The molecule has 0 aromatic heterocycles. The molecule has 2 nitrogen and oxygen atoms in total. The van der Waals surface area contributed by atoms with Crippen LogP contribution in [-0.2, 0) is 0 Å². The quantitative estimate of drug-likeness (QED) is 0.903. The maximum atomic E-state index is 13.4. The topological polar surface area (TPSA) is 21.3 Å². The fourth-order valence-corrected chi connectivity index (χ4v) is 2.41. The van der Waals surface area contributed by atoms with Crippen molar-refractivity contribution in [3.63, 3.8) is 0 Å². The molecule has 1 aliphatic rings. The number of hydrogen-bond acceptors (Lipinski definition) is 2. The highest BCUT2D eigenvalue weighted by Gasteiger charge is 2.24. The van der Waals surface area contributed by atoms with E-state index in [1.807, 2.05) is 24.3 Å². The molecule has 2 aromatic carbocycles. The van der Waals surface area contributed by atoms with Gasteiger partial charge in [0.1, 0.15) is 17.4 Å². The molecule has 0 bridgehead atoms. The van der Waals surface area contributed by atoms with Crippen LogP contribution < -0.4 is 10.1 Å². The Kier molecular flexibility index (Phi) is 3.88. The minimum absolute atomic E-state index is 0.280. The minimum atomic E-state index is -0.573. The van der Waals surface area contributed by atoms with Crippen molar-refractivity contribution in [1.82, 2.24) is 5.32 Å². The Bertz CT molecular complexity index is 620. The van der Waals surface area contributed by atoms with Crippen LogP contribution in [0, 0.1) is 11.6 Å². The second-order valence-electron chi connectivity index (χ2n) is 5.31. The van der Waals surface area contributed by atoms with Crippen molar-refractivity contribution in [1.29, 1.82) is 0 Å². The first-order valence-electron chi connectivity index (χ1n) is 7.05. The smallest absolute Gasteiger partial charge is 0.126 e. The van der Waals surface area contributed by atoms with Crippen molar-refractivity contribution >= 4 is 0 Å². The molecule has 1 aliphatic carbocycles. The average molecular weight is 289 g/mol. The third kappa shape index (κ3) is 3.39. The molecule has 3 rings (SSSR count). The van der Waals surface area contributed by atoms with Gasteiger partial charge in [-0.3, -0.25) is 0 Å². The van der Waals surface area contributed by atoms with Gasteiger partial charge in [-0.15, -0.1) is 0 Å². The van der Waals surface area contributed by atoms with Crippen LogP contribution in [0.5, 0.6) is 5.75 Å². The van der Waals surface area contributed by atoms with E-state index in [0.717, 1.165) is 30.2 Å². The summed E-state index contributed by atoms with van der Waals surface area (Å²) in [5, 5.41) is 3.10. The van der Waals surface area contributed by atoms with Gasteiger partial charge in [0, 0.05) is 6.07 Å². The van der Waals surface area contributed by atoms with Crippen LogP contribution in [-0.4, -0.2) is 13.2 Å². The molecule has 1 N–H and O–H groups in total. The van der Waals surface area contributed by atoms with E-state index in [9.17, 15) is 8.78 Å². The fraction of sp³-hybridized carbons (Fsp3) is 0.294. The summed E-state index contributed by atoms with van der Waals surface area (Å²) < 4.78 is 32.6. The van der Waals surface area contributed by atoms with Crippen LogP contribution in [0.1, 0.15) is 30.0 Å². The molecular weight excluding hydrogens is 272 g/mol. The molecule has 0 aliphatic heterocycles. The monoisotopic (exact) mass is 289 g/mol. The number of rotatable bonds is 5. The van der Waals surface area contributed by atoms with E-state index in [1.165, 1.54) is 12.1 Å². The SMILES string of the molecule is CNC(c1cc(F)cc(F)c1)c1cccc(OC2CC2)c1. The van der Waals surface area contributed by atoms with Crippen molar-refractivity contribution < 1.29 is 13.5 Å². The number of benzene rings is 2. The first-order chi connectivity index (χ1) is 10.2. The second kappa shape index (κ2) is 5.82. The molecule has 1 unspecified atom stereocenters. The summed E-state index contributed by atoms with van der Waals surface area (Å²) in [5.41, 5.74) is 1.47. The number of ether oxygens (including phenoxy) is 1. The van der Waals surface area contributed by atoms with Crippen molar-refractivity contribution in [2.45, 2.75) is 25.0 Å². The Morgan fingerprint density at radius 3 is 2.38 bits per heavy atom. The average Bonchev–Trinajstić information content (AvgIpc) is 3.23. The van der Waals surface area contributed by atoms with Crippen LogP contribution in [0.25, 0.3) is 0 Å². The summed E-state index contributed by atoms with van der Waals surface area (Å²) in [5.74, 6) is -0.349. The molecular formula is C17H17F2NO. The zero-order valence-electron chi connectivity index (χ0n) is 11.8. The van der Waals surface area contributed by atoms with E-state index in [4.69, 9.17) is 4.74 Å². The third-order valence-electron chi connectivity index (χ3n) is 3.53. The predicted molar refractivity (Wildman–Crippen MR) is 77.4 cm³/mol. The first kappa shape index (κ1) is 14.0. The van der Waals surface area contributed by atoms with Gasteiger partial charge in [0.2, 0.25) is 0 Å². The van der Waals surface area contributed by atoms with E-state index < -0.39 is 11.6 Å². The van der Waals surface area contributed by atoms with E-state index >= 15 is 0 Å². The van der Waals surface area contributed by atoms with Crippen LogP contribution >= 0.6 is 0 Å². The van der Waals surface area contributed by atoms with Gasteiger partial charge in [-0.25, -0.2) is 8.78 Å². The molecule has 2 aromatic rings. The maximum Gasteiger partial charge on any atom is 0.126 e. The first-order valence-corrected chi connectivity index (χ1v) is 7.05. The summed E-state index contributed by atoms with van der Waals surface area (Å²) in [7, 11) is 1.77. The summed E-state index contributed by atoms with van der Waals surface area (Å²) >= 11 is 0. The predicted octanol–water partition coefficient (Wildman–Crippen LogP) is 3.81. The molecule has 0 heterocycles. The number of nitrogens with one attached hydrogen (secondary N) is 1. The van der Waals surface area contributed by atoms with Gasteiger partial charge in [0.15, 0.2) is 0 Å². The number of halogens is 2. The molecule has 0 amide bonds. The van der Waals surface area contributed by atoms with E-state index in [0.29, 0.717) is 11.7 Å². The number of hydrogen-bond donors (Lipinski definition) is 1. The van der Waals surface area contributed by atoms with Crippen molar-refractivity contribution in [2.75, 3.05) is 7.05 Å². The Labute approximate surface area is 122 Å². The highest BCUT2D eigenvalue weighted by Crippen LogP contribution is 2.30. The molecule has 4 heteroatoms. The highest BCUT2D eigenvalue weighted by atomic mass is 19.1. The Balaban J connectivity index is 1.91. The molecule has 1 saturated carbocycles. The van der Waals surface area contributed by atoms with Crippen LogP contribution in [0.15, 0.2) is 42.5 Å². The molecule has 1 fully saturated rings. The van der Waals surface area contributed by atoms with Crippen LogP contribution in [0.4, 0.5) is 8.78 Å². The van der Waals surface area contributed by atoms with Gasteiger partial charge in [-0.2, -0.15) is 0 Å². The van der Waals surface area contributed by atoms with Crippen molar-refractivity contribution in [3.8, 4) is 5.75 Å². The molecule has 0 spiro atoms. The Morgan fingerprint density at radius 1 is 1.05 bits per heavy atom. The lowest BCUT2D eigenvalue weighted by Crippen LogP contribution is -2.18. The van der Waals surface area contributed by atoms with Gasteiger partial charge < -0.3 is 10.1 Å². The Hall–Kier alpha value is -1.94. The maximum absolute atomic E-state index is 13.4. The van der Waals surface area contributed by atoms with Gasteiger partial charge in [0.05, 0.1) is 12.1 Å². The van der Waals surface area contributed by atoms with E-state index in [-0.39, 0.29) is 6.04 Å². The standard InChI is InChI=1S/C17H17F2NO/c1-20-17(12-7-13(18)10-14(19)8-12)11-3-2-4-16(9-11)21-15-5-6-15/h2-4,7-10,15,17,20H,5-6H2,1H3. The summed E-state index contributed by atoms with van der Waals surface area (Å²) in [4.78, 5) is 0. The van der Waals surface area contributed by atoms with E-state index in [2.05, 4.69) is 5.32 Å². The normalized spacial score (nSPS) is 15.8. The largest absolute Gasteiger partial charge is 0.490 e. The molecule has 0 radical (unpaired) electrons. The Morgan fingerprint density at radius 2 is 1.76 bits per heavy atom. The molecule has 110 valence electrons. The highest BCUT2D eigenvalue weighted by molar-refractivity contribution is 5.37. The lowest BCUT2D eigenvalue weighted by Gasteiger charge is -2.18. The summed E-state index contributed by atoms with van der Waals surface area (Å²) in [6.07, 6.45) is 2.50. The fourth-order valence-electron chi connectivity index (χ4n) is 2.41. The molecule has 0 saturated heterocycles.